The van der Waals surface area contributed by atoms with Gasteiger partial charge in [-0.25, -0.2) is 0 Å². The van der Waals surface area contributed by atoms with Gasteiger partial charge in [0.25, 0.3) is 0 Å². The molecule has 0 radical (unpaired) electrons. The number of piperazine rings is 2. The first-order valence-corrected chi connectivity index (χ1v) is 11.4. The SMILES string of the molecule is CCN(CC)C(=O)CN1CCN(CC(=O)N2CCN(c3cccc(Cl)c3)CC2)CC1. The van der Waals surface area contributed by atoms with Crippen LogP contribution in [0.15, 0.2) is 24.3 Å². The van der Waals surface area contributed by atoms with E-state index >= 15 is 0 Å². The zero-order chi connectivity index (χ0) is 21.5. The second-order valence-corrected chi connectivity index (χ2v) is 8.40. The molecule has 0 saturated carbocycles. The van der Waals surface area contributed by atoms with Crippen LogP contribution in [0.4, 0.5) is 5.69 Å². The fourth-order valence-electron chi connectivity index (χ4n) is 4.15. The fourth-order valence-corrected chi connectivity index (χ4v) is 4.34. The Morgan fingerprint density at radius 2 is 1.50 bits per heavy atom. The number of anilines is 1. The van der Waals surface area contributed by atoms with Crippen LogP contribution in [0.5, 0.6) is 0 Å². The second-order valence-electron chi connectivity index (χ2n) is 7.97. The predicted molar refractivity (Wildman–Crippen MR) is 121 cm³/mol. The average molecular weight is 436 g/mol. The first-order chi connectivity index (χ1) is 14.5. The summed E-state index contributed by atoms with van der Waals surface area (Å²) in [4.78, 5) is 35.6. The van der Waals surface area contributed by atoms with Crippen LogP contribution in [0.3, 0.4) is 0 Å². The highest BCUT2D eigenvalue weighted by atomic mass is 35.5. The van der Waals surface area contributed by atoms with Crippen LogP contribution in [-0.4, -0.2) is 110 Å². The molecule has 2 fully saturated rings. The van der Waals surface area contributed by atoms with Crippen molar-refractivity contribution in [1.29, 1.82) is 0 Å². The van der Waals surface area contributed by atoms with E-state index in [9.17, 15) is 9.59 Å². The summed E-state index contributed by atoms with van der Waals surface area (Å²) in [5.41, 5.74) is 1.12. The van der Waals surface area contributed by atoms with Crippen LogP contribution in [-0.2, 0) is 9.59 Å². The molecule has 0 aromatic heterocycles. The highest BCUT2D eigenvalue weighted by Crippen LogP contribution is 2.20. The van der Waals surface area contributed by atoms with Gasteiger partial charge in [0.05, 0.1) is 13.1 Å². The molecule has 3 rings (SSSR count). The van der Waals surface area contributed by atoms with Gasteiger partial charge in [0.15, 0.2) is 0 Å². The van der Waals surface area contributed by atoms with Crippen LogP contribution >= 0.6 is 11.6 Å². The molecule has 2 heterocycles. The van der Waals surface area contributed by atoms with Gasteiger partial charge in [-0.3, -0.25) is 19.4 Å². The molecule has 2 amide bonds. The van der Waals surface area contributed by atoms with Crippen LogP contribution in [0.2, 0.25) is 5.02 Å². The monoisotopic (exact) mass is 435 g/mol. The van der Waals surface area contributed by atoms with Crippen LogP contribution < -0.4 is 4.90 Å². The lowest BCUT2D eigenvalue weighted by Crippen LogP contribution is -2.54. The van der Waals surface area contributed by atoms with E-state index in [0.717, 1.165) is 76.2 Å². The highest BCUT2D eigenvalue weighted by Gasteiger charge is 2.26. The van der Waals surface area contributed by atoms with E-state index in [1.807, 2.05) is 41.8 Å². The zero-order valence-corrected chi connectivity index (χ0v) is 19.0. The molecule has 2 saturated heterocycles. The van der Waals surface area contributed by atoms with E-state index in [4.69, 9.17) is 11.6 Å². The number of amides is 2. The summed E-state index contributed by atoms with van der Waals surface area (Å²) in [6.45, 7) is 13.0. The highest BCUT2D eigenvalue weighted by molar-refractivity contribution is 6.30. The van der Waals surface area contributed by atoms with Gasteiger partial charge >= 0.3 is 0 Å². The minimum absolute atomic E-state index is 0.196. The number of halogens is 1. The molecule has 0 atom stereocenters. The predicted octanol–water partition coefficient (Wildman–Crippen LogP) is 1.47. The molecule has 8 heteroatoms. The standard InChI is InChI=1S/C22H34ClN5O2/c1-3-26(4-2)21(29)17-24-8-10-25(11-9-24)18-22(30)28-14-12-27(13-15-28)20-7-5-6-19(23)16-20/h5-7,16H,3-4,8-15,17-18H2,1-2H3. The summed E-state index contributed by atoms with van der Waals surface area (Å²) < 4.78 is 0. The van der Waals surface area contributed by atoms with Gasteiger partial charge in [-0.05, 0) is 32.0 Å². The molecule has 2 aliphatic heterocycles. The van der Waals surface area contributed by atoms with Gasteiger partial charge in [-0.2, -0.15) is 0 Å². The summed E-state index contributed by atoms with van der Waals surface area (Å²) >= 11 is 6.10. The molecule has 0 N–H and O–H groups in total. The second kappa shape index (κ2) is 11.0. The van der Waals surface area contributed by atoms with Gasteiger partial charge in [0, 0.05) is 76.2 Å². The Labute approximate surface area is 185 Å². The maximum Gasteiger partial charge on any atom is 0.236 e. The summed E-state index contributed by atoms with van der Waals surface area (Å²) in [7, 11) is 0. The Balaban J connectivity index is 1.39. The first-order valence-electron chi connectivity index (χ1n) is 11.0. The van der Waals surface area contributed by atoms with E-state index in [0.29, 0.717) is 13.1 Å². The number of benzene rings is 1. The van der Waals surface area contributed by atoms with Crippen molar-refractivity contribution < 1.29 is 9.59 Å². The van der Waals surface area contributed by atoms with Crippen molar-refractivity contribution in [2.75, 3.05) is 83.4 Å². The molecule has 1 aromatic carbocycles. The quantitative estimate of drug-likeness (QED) is 0.649. The molecule has 0 unspecified atom stereocenters. The van der Waals surface area contributed by atoms with Crippen molar-refractivity contribution in [2.45, 2.75) is 13.8 Å². The smallest absolute Gasteiger partial charge is 0.236 e. The lowest BCUT2D eigenvalue weighted by atomic mass is 10.2. The van der Waals surface area contributed by atoms with E-state index in [-0.39, 0.29) is 11.8 Å². The van der Waals surface area contributed by atoms with Crippen molar-refractivity contribution >= 4 is 29.1 Å². The topological polar surface area (TPSA) is 50.3 Å². The average Bonchev–Trinajstić information content (AvgIpc) is 2.76. The zero-order valence-electron chi connectivity index (χ0n) is 18.2. The van der Waals surface area contributed by atoms with Crippen LogP contribution in [0.25, 0.3) is 0 Å². The largest absolute Gasteiger partial charge is 0.368 e. The molecule has 30 heavy (non-hydrogen) atoms. The summed E-state index contributed by atoms with van der Waals surface area (Å²) in [5.74, 6) is 0.399. The molecule has 0 spiro atoms. The summed E-state index contributed by atoms with van der Waals surface area (Å²) in [6, 6.07) is 7.88. The van der Waals surface area contributed by atoms with E-state index in [1.165, 1.54) is 0 Å². The van der Waals surface area contributed by atoms with Crippen molar-refractivity contribution in [3.05, 3.63) is 29.3 Å². The third kappa shape index (κ3) is 6.09. The van der Waals surface area contributed by atoms with E-state index in [2.05, 4.69) is 20.8 Å². The Bertz CT molecular complexity index is 711. The van der Waals surface area contributed by atoms with Gasteiger partial charge in [0.1, 0.15) is 0 Å². The third-order valence-electron chi connectivity index (χ3n) is 6.10. The minimum atomic E-state index is 0.196. The number of carbonyl (C=O) groups is 2. The molecule has 166 valence electrons. The third-order valence-corrected chi connectivity index (χ3v) is 6.34. The molecule has 1 aromatic rings. The molecule has 2 aliphatic rings. The molecule has 7 nitrogen and oxygen atoms in total. The van der Waals surface area contributed by atoms with Crippen molar-refractivity contribution in [2.24, 2.45) is 0 Å². The molecular weight excluding hydrogens is 402 g/mol. The van der Waals surface area contributed by atoms with E-state index in [1.54, 1.807) is 0 Å². The Kier molecular flexibility index (Phi) is 8.36. The first kappa shape index (κ1) is 22.8. The Hall–Kier alpha value is -1.83. The van der Waals surface area contributed by atoms with Crippen molar-refractivity contribution in [3.8, 4) is 0 Å². The van der Waals surface area contributed by atoms with Gasteiger partial charge in [-0.1, -0.05) is 17.7 Å². The van der Waals surface area contributed by atoms with Crippen molar-refractivity contribution in [1.82, 2.24) is 19.6 Å². The number of likely N-dealkylation sites (N-methyl/N-ethyl adjacent to an activating group) is 1. The van der Waals surface area contributed by atoms with Crippen LogP contribution in [0.1, 0.15) is 13.8 Å². The van der Waals surface area contributed by atoms with Crippen LogP contribution in [0, 0.1) is 0 Å². The fraction of sp³-hybridized carbons (Fsp3) is 0.636. The number of nitrogens with zero attached hydrogens (tertiary/aromatic N) is 5. The van der Waals surface area contributed by atoms with Crippen molar-refractivity contribution in [3.63, 3.8) is 0 Å². The number of carbonyl (C=O) groups excluding carboxylic acids is 2. The lowest BCUT2D eigenvalue weighted by molar-refractivity contribution is -0.135. The Morgan fingerprint density at radius 1 is 0.900 bits per heavy atom. The summed E-state index contributed by atoms with van der Waals surface area (Å²) in [5, 5.41) is 0.740. The maximum atomic E-state index is 12.8. The number of rotatable bonds is 7. The maximum absolute atomic E-state index is 12.8. The normalized spacial score (nSPS) is 18.5. The van der Waals surface area contributed by atoms with Gasteiger partial charge in [-0.15, -0.1) is 0 Å². The lowest BCUT2D eigenvalue weighted by Gasteiger charge is -2.38. The van der Waals surface area contributed by atoms with Gasteiger partial charge in [0.2, 0.25) is 11.8 Å². The Morgan fingerprint density at radius 3 is 2.07 bits per heavy atom. The van der Waals surface area contributed by atoms with E-state index < -0.39 is 0 Å². The number of hydrogen-bond acceptors (Lipinski definition) is 5. The van der Waals surface area contributed by atoms with Gasteiger partial charge < -0.3 is 14.7 Å². The number of hydrogen-bond donors (Lipinski definition) is 0. The summed E-state index contributed by atoms with van der Waals surface area (Å²) in [6.07, 6.45) is 0. The molecular formula is C22H34ClN5O2. The minimum Gasteiger partial charge on any atom is -0.368 e. The molecule has 0 aliphatic carbocycles. The molecule has 0 bridgehead atoms.